The minimum atomic E-state index is -5.08. The minimum Gasteiger partial charge on any atom is -0.475 e. The third-order valence-corrected chi connectivity index (χ3v) is 7.07. The number of nitrogens with two attached hydrogens (primary N) is 2. The summed E-state index contributed by atoms with van der Waals surface area (Å²) in [5, 5.41) is 19.8. The van der Waals surface area contributed by atoms with E-state index in [-0.39, 0.29) is 12.8 Å². The molecule has 268 valence electrons. The second-order valence-electron chi connectivity index (χ2n) is 11.0. The highest BCUT2D eigenvalue weighted by Gasteiger charge is 2.38. The Bertz CT molecular complexity index is 1310. The number of primary amides is 1. The molecule has 48 heavy (non-hydrogen) atoms. The van der Waals surface area contributed by atoms with Crippen molar-refractivity contribution in [3.63, 3.8) is 0 Å². The van der Waals surface area contributed by atoms with Crippen LogP contribution in [0.25, 0.3) is 0 Å². The Morgan fingerprint density at radius 2 is 1.40 bits per heavy atom. The molecular weight excluding hydrogens is 651 g/mol. The van der Waals surface area contributed by atoms with E-state index in [0.717, 1.165) is 7.11 Å². The molecule has 2 heterocycles. The van der Waals surface area contributed by atoms with Crippen LogP contribution in [0.15, 0.2) is 24.3 Å². The number of amides is 6. The molecule has 0 fully saturated rings. The van der Waals surface area contributed by atoms with Crippen LogP contribution in [0.1, 0.15) is 40.0 Å². The normalized spacial score (nSPS) is 30.5. The van der Waals surface area contributed by atoms with Crippen LogP contribution in [0, 0.1) is 11.8 Å². The summed E-state index contributed by atoms with van der Waals surface area (Å²) in [7, 11) is 1.13. The maximum Gasteiger partial charge on any atom is 0.490 e. The lowest BCUT2D eigenvalue weighted by atomic mass is 9.96. The number of halogens is 3. The summed E-state index contributed by atoms with van der Waals surface area (Å²) in [5.41, 5.74) is 11.3. The van der Waals surface area contributed by atoms with E-state index >= 15 is 0 Å². The van der Waals surface area contributed by atoms with Crippen LogP contribution in [0.2, 0.25) is 0 Å². The second-order valence-corrected chi connectivity index (χ2v) is 11.0. The fourth-order valence-corrected chi connectivity index (χ4v) is 4.22. The van der Waals surface area contributed by atoms with Gasteiger partial charge in [-0.3, -0.25) is 28.8 Å². The molecule has 20 heteroatoms. The van der Waals surface area contributed by atoms with Gasteiger partial charge in [0.15, 0.2) is 0 Å². The maximum atomic E-state index is 13.5. The average Bonchev–Trinajstić information content (AvgIpc) is 2.99. The predicted octanol–water partition coefficient (Wildman–Crippen LogP) is -2.37. The highest BCUT2D eigenvalue weighted by Crippen LogP contribution is 2.14. The Morgan fingerprint density at radius 3 is 1.94 bits per heavy atom. The number of carboxylic acids is 1. The first-order valence-corrected chi connectivity index (χ1v) is 14.5. The zero-order valence-corrected chi connectivity index (χ0v) is 26.5. The summed E-state index contributed by atoms with van der Waals surface area (Å²) in [4.78, 5) is 98.4. The van der Waals surface area contributed by atoms with Crippen LogP contribution in [-0.2, 0) is 43.1 Å². The molecule has 10 N–H and O–H groups in total. The summed E-state index contributed by atoms with van der Waals surface area (Å²) in [6.45, 7) is 4.73. The van der Waals surface area contributed by atoms with Crippen molar-refractivity contribution in [2.45, 2.75) is 82.5 Å². The van der Waals surface area contributed by atoms with E-state index in [4.69, 9.17) is 26.1 Å². The predicted molar refractivity (Wildman–Crippen MR) is 159 cm³/mol. The zero-order valence-electron chi connectivity index (χ0n) is 26.5. The minimum absolute atomic E-state index is 0.0712. The van der Waals surface area contributed by atoms with Crippen molar-refractivity contribution in [1.82, 2.24) is 26.6 Å². The molecule has 8 atom stereocenters. The zero-order chi connectivity index (χ0) is 36.9. The fraction of sp³-hybridized carbons (Fsp3) is 0.571. The van der Waals surface area contributed by atoms with Gasteiger partial charge in [0.1, 0.15) is 30.2 Å². The Kier molecular flexibility index (Phi) is 15.7. The fourth-order valence-electron chi connectivity index (χ4n) is 4.22. The van der Waals surface area contributed by atoms with Crippen molar-refractivity contribution < 1.29 is 61.4 Å². The molecule has 0 aliphatic carbocycles. The number of hydrogen-bond acceptors (Lipinski definition) is 10. The number of carboxylic acid groups (broad SMARTS) is 1. The maximum absolute atomic E-state index is 13.5. The molecular formula is C28H40F3N7O10. The molecule has 0 saturated carbocycles. The molecule has 6 amide bonds. The Balaban J connectivity index is 0.00000148. The number of carbonyl (C=O) groups is 8. The highest BCUT2D eigenvalue weighted by molar-refractivity contribution is 5.97. The molecule has 2 aliphatic heterocycles. The summed E-state index contributed by atoms with van der Waals surface area (Å²) in [6, 6.07) is -7.19. The van der Waals surface area contributed by atoms with Crippen LogP contribution in [0.3, 0.4) is 0 Å². The number of carbonyl (C=O) groups excluding carboxylic acids is 7. The SMILES string of the molecule is COC(=O)[C@@H]1C/C=C/[C@@H](C)[C@H]2NC(=O)[C@H](C)NC(=O)[C@H](N)[C@@H](C)/C=C/C[C@H](NC2=O)C(=O)N[C@@H](CC(N)=O)C(=O)N1.O=C(O)C(F)(F)F. The van der Waals surface area contributed by atoms with Gasteiger partial charge in [-0.2, -0.15) is 13.2 Å². The van der Waals surface area contributed by atoms with Gasteiger partial charge in [-0.25, -0.2) is 9.59 Å². The summed E-state index contributed by atoms with van der Waals surface area (Å²) < 4.78 is 36.5. The van der Waals surface area contributed by atoms with Crippen molar-refractivity contribution in [3.05, 3.63) is 24.3 Å². The van der Waals surface area contributed by atoms with Crippen LogP contribution < -0.4 is 38.1 Å². The molecule has 0 saturated heterocycles. The standard InChI is InChI=1S/C26H39N7O8.C2HF3O2/c1-12-7-5-9-15-22(36)32-17(11-18(27)34)23(37)31-16(26(40)41-4)10-6-8-13(2)20(25(39)30-15)33-21(35)14(3)29-24(38)19(12)28;3-2(4,5)1(6)7/h5-8,12-17,19-20H,9-11,28H2,1-4H3,(H2,27,34)(H,29,38)(H,30,39)(H,31,37)(H,32,36)(H,33,35);(H,6,7)/b7-5+,8-6+;/t12-,13+,14-,15-,16-,17-,19+,20+;/m0./s1. The van der Waals surface area contributed by atoms with Gasteiger partial charge in [-0.05, 0) is 25.7 Å². The first-order valence-electron chi connectivity index (χ1n) is 14.5. The third kappa shape index (κ3) is 13.0. The van der Waals surface area contributed by atoms with Gasteiger partial charge in [0.25, 0.3) is 0 Å². The number of methoxy groups -OCH3 is 1. The molecule has 17 nitrogen and oxygen atoms in total. The van der Waals surface area contributed by atoms with E-state index < -0.39 is 108 Å². The van der Waals surface area contributed by atoms with Crippen molar-refractivity contribution in [3.8, 4) is 0 Å². The third-order valence-electron chi connectivity index (χ3n) is 7.07. The number of nitrogens with one attached hydrogen (secondary N) is 5. The number of aliphatic carboxylic acids is 1. The van der Waals surface area contributed by atoms with Crippen molar-refractivity contribution in [2.24, 2.45) is 23.3 Å². The van der Waals surface area contributed by atoms with Crippen LogP contribution in [0.5, 0.6) is 0 Å². The molecule has 2 aliphatic rings. The first-order chi connectivity index (χ1) is 22.2. The largest absolute Gasteiger partial charge is 0.490 e. The lowest BCUT2D eigenvalue weighted by Gasteiger charge is -2.29. The Labute approximate surface area is 272 Å². The number of hydrogen-bond donors (Lipinski definition) is 8. The average molecular weight is 692 g/mol. The molecule has 2 rings (SSSR count). The molecule has 0 aromatic rings. The highest BCUT2D eigenvalue weighted by atomic mass is 19.4. The van der Waals surface area contributed by atoms with E-state index in [1.54, 1.807) is 32.1 Å². The quantitative estimate of drug-likeness (QED) is 0.114. The Morgan fingerprint density at radius 1 is 0.833 bits per heavy atom. The second kappa shape index (κ2) is 18.4. The Hall–Kier alpha value is -5.01. The molecule has 0 spiro atoms. The first kappa shape index (κ1) is 41.0. The number of esters is 1. The van der Waals surface area contributed by atoms with Gasteiger partial charge >= 0.3 is 18.1 Å². The summed E-state index contributed by atoms with van der Waals surface area (Å²) in [5.74, 6) is -9.29. The van der Waals surface area contributed by atoms with E-state index in [1.165, 1.54) is 13.0 Å². The smallest absolute Gasteiger partial charge is 0.475 e. The van der Waals surface area contributed by atoms with E-state index in [0.29, 0.717) is 0 Å². The van der Waals surface area contributed by atoms with Crippen molar-refractivity contribution >= 4 is 47.4 Å². The van der Waals surface area contributed by atoms with Gasteiger partial charge < -0.3 is 47.9 Å². The molecule has 2 bridgehead atoms. The van der Waals surface area contributed by atoms with Crippen molar-refractivity contribution in [1.29, 1.82) is 0 Å². The van der Waals surface area contributed by atoms with E-state index in [2.05, 4.69) is 26.6 Å². The number of rotatable bonds is 3. The summed E-state index contributed by atoms with van der Waals surface area (Å²) >= 11 is 0. The van der Waals surface area contributed by atoms with Crippen LogP contribution in [0.4, 0.5) is 13.2 Å². The van der Waals surface area contributed by atoms with Gasteiger partial charge in [-0.15, -0.1) is 0 Å². The molecule has 0 aromatic carbocycles. The van der Waals surface area contributed by atoms with E-state index in [1.807, 2.05) is 0 Å². The summed E-state index contributed by atoms with van der Waals surface area (Å²) in [6.07, 6.45) is 0.379. The topological polar surface area (TPSA) is 278 Å². The van der Waals surface area contributed by atoms with Crippen molar-refractivity contribution in [2.75, 3.05) is 7.11 Å². The molecule has 0 aromatic heterocycles. The number of alkyl halides is 3. The van der Waals surface area contributed by atoms with Gasteiger partial charge in [-0.1, -0.05) is 38.2 Å². The van der Waals surface area contributed by atoms with Gasteiger partial charge in [0.05, 0.1) is 19.6 Å². The number of fused-ring (bicyclic) bond motifs is 3. The lowest BCUT2D eigenvalue weighted by Crippen LogP contribution is -2.60. The number of ether oxygens (including phenoxy) is 1. The monoisotopic (exact) mass is 691 g/mol. The van der Waals surface area contributed by atoms with Crippen LogP contribution >= 0.6 is 0 Å². The van der Waals surface area contributed by atoms with Gasteiger partial charge in [0, 0.05) is 5.92 Å². The van der Waals surface area contributed by atoms with Crippen LogP contribution in [-0.4, -0.2) is 102 Å². The molecule has 0 radical (unpaired) electrons. The van der Waals surface area contributed by atoms with E-state index in [9.17, 15) is 46.7 Å². The van der Waals surface area contributed by atoms with Gasteiger partial charge in [0.2, 0.25) is 35.4 Å². The lowest BCUT2D eigenvalue weighted by molar-refractivity contribution is -0.192. The molecule has 0 unspecified atom stereocenters.